The average molecular weight is 220 g/mol. The molecule has 84 valence electrons. The van der Waals surface area contributed by atoms with Crippen LogP contribution in [0.4, 0.5) is 13.2 Å². The quantitative estimate of drug-likeness (QED) is 0.784. The third-order valence-corrected chi connectivity index (χ3v) is 2.12. The van der Waals surface area contributed by atoms with Gasteiger partial charge in [-0.05, 0) is 18.6 Å². The first-order valence-corrected chi connectivity index (χ1v) is 4.22. The van der Waals surface area contributed by atoms with Gasteiger partial charge >= 0.3 is 6.18 Å². The Morgan fingerprint density at radius 3 is 2.40 bits per heavy atom. The van der Waals surface area contributed by atoms with Crippen LogP contribution in [0.2, 0.25) is 0 Å². The molecule has 15 heavy (non-hydrogen) atoms. The first-order chi connectivity index (χ1) is 6.81. The van der Waals surface area contributed by atoms with Crippen molar-refractivity contribution in [2.24, 2.45) is 5.73 Å². The minimum absolute atomic E-state index is 0.336. The summed E-state index contributed by atoms with van der Waals surface area (Å²) in [6, 6.07) is 1.22. The van der Waals surface area contributed by atoms with Crippen LogP contribution >= 0.6 is 0 Å². The molecule has 0 radical (unpaired) electrons. The van der Waals surface area contributed by atoms with Crippen LogP contribution in [0.15, 0.2) is 18.5 Å². The number of hydrogen-bond donors (Lipinski definition) is 2. The summed E-state index contributed by atoms with van der Waals surface area (Å²) in [6.07, 6.45) is -2.44. The first kappa shape index (κ1) is 11.9. The lowest BCUT2D eigenvalue weighted by molar-refractivity contribution is -0.262. The molecule has 0 aliphatic heterocycles. The van der Waals surface area contributed by atoms with Crippen LogP contribution < -0.4 is 5.73 Å². The molecule has 0 aromatic carbocycles. The second-order valence-electron chi connectivity index (χ2n) is 3.31. The Hall–Kier alpha value is -1.14. The maximum atomic E-state index is 12.6. The van der Waals surface area contributed by atoms with Crippen molar-refractivity contribution in [3.63, 3.8) is 0 Å². The van der Waals surface area contributed by atoms with E-state index in [0.717, 1.165) is 6.20 Å². The van der Waals surface area contributed by atoms with Crippen LogP contribution in [-0.2, 0) is 5.60 Å². The van der Waals surface area contributed by atoms with E-state index < -0.39 is 18.3 Å². The highest BCUT2D eigenvalue weighted by Gasteiger charge is 2.54. The Morgan fingerprint density at radius 2 is 2.00 bits per heavy atom. The summed E-state index contributed by atoms with van der Waals surface area (Å²) in [5, 5.41) is 9.46. The van der Waals surface area contributed by atoms with Gasteiger partial charge in [0.1, 0.15) is 0 Å². The van der Waals surface area contributed by atoms with Crippen LogP contribution in [0.1, 0.15) is 11.1 Å². The molecule has 1 atom stereocenters. The molecule has 0 fully saturated rings. The van der Waals surface area contributed by atoms with Gasteiger partial charge < -0.3 is 10.8 Å². The first-order valence-electron chi connectivity index (χ1n) is 4.22. The highest BCUT2D eigenvalue weighted by Crippen LogP contribution is 2.37. The van der Waals surface area contributed by atoms with Crippen molar-refractivity contribution in [2.45, 2.75) is 18.7 Å². The van der Waals surface area contributed by atoms with Crippen molar-refractivity contribution in [3.8, 4) is 0 Å². The Morgan fingerprint density at radius 1 is 1.40 bits per heavy atom. The van der Waals surface area contributed by atoms with E-state index in [1.165, 1.54) is 12.3 Å². The fraction of sp³-hybridized carbons (Fsp3) is 0.444. The zero-order valence-electron chi connectivity index (χ0n) is 8.04. The van der Waals surface area contributed by atoms with Gasteiger partial charge in [-0.3, -0.25) is 4.98 Å². The molecule has 1 rings (SSSR count). The van der Waals surface area contributed by atoms with E-state index in [4.69, 9.17) is 5.73 Å². The van der Waals surface area contributed by atoms with Crippen LogP contribution in [0, 0.1) is 6.92 Å². The molecule has 0 aliphatic rings. The van der Waals surface area contributed by atoms with Crippen LogP contribution in [0.5, 0.6) is 0 Å². The van der Waals surface area contributed by atoms with Gasteiger partial charge in [-0.15, -0.1) is 0 Å². The molecule has 1 aromatic heterocycles. The van der Waals surface area contributed by atoms with Crippen molar-refractivity contribution in [1.29, 1.82) is 0 Å². The van der Waals surface area contributed by atoms with Gasteiger partial charge in [-0.2, -0.15) is 13.2 Å². The number of pyridine rings is 1. The third-order valence-electron chi connectivity index (χ3n) is 2.12. The number of rotatable bonds is 2. The zero-order valence-corrected chi connectivity index (χ0v) is 8.04. The summed E-state index contributed by atoms with van der Waals surface area (Å²) in [5.74, 6) is 0. The number of halogens is 3. The van der Waals surface area contributed by atoms with E-state index in [0.29, 0.717) is 5.56 Å². The number of aryl methyl sites for hydroxylation is 1. The highest BCUT2D eigenvalue weighted by molar-refractivity contribution is 5.25. The molecule has 0 aliphatic carbocycles. The molecule has 1 aromatic rings. The monoisotopic (exact) mass is 220 g/mol. The van der Waals surface area contributed by atoms with Crippen molar-refractivity contribution >= 4 is 0 Å². The number of nitrogens with two attached hydrogens (primary N) is 1. The zero-order chi connectivity index (χ0) is 11.7. The minimum atomic E-state index is -4.81. The Balaban J connectivity index is 3.23. The largest absolute Gasteiger partial charge is 0.422 e. The molecular weight excluding hydrogens is 209 g/mol. The second kappa shape index (κ2) is 3.79. The van der Waals surface area contributed by atoms with Crippen molar-refractivity contribution in [2.75, 3.05) is 6.54 Å². The normalized spacial score (nSPS) is 16.1. The van der Waals surface area contributed by atoms with Crippen molar-refractivity contribution in [3.05, 3.63) is 29.6 Å². The maximum absolute atomic E-state index is 12.6. The maximum Gasteiger partial charge on any atom is 0.422 e. The van der Waals surface area contributed by atoms with Gasteiger partial charge in [0.2, 0.25) is 0 Å². The highest BCUT2D eigenvalue weighted by atomic mass is 19.4. The molecule has 0 bridgehead atoms. The number of alkyl halides is 3. The predicted octanol–water partition coefficient (Wildman–Crippen LogP) is 1.10. The van der Waals surface area contributed by atoms with Gasteiger partial charge in [-0.1, -0.05) is 0 Å². The molecule has 3 nitrogen and oxygen atoms in total. The van der Waals surface area contributed by atoms with E-state index in [1.54, 1.807) is 6.92 Å². The third kappa shape index (κ3) is 2.10. The standard InChI is InChI=1S/C9H11F3N2O/c1-6-2-7(4-14-3-6)8(15,5-13)9(10,11)12/h2-4,15H,5,13H2,1H3. The summed E-state index contributed by atoms with van der Waals surface area (Å²) >= 11 is 0. The summed E-state index contributed by atoms with van der Waals surface area (Å²) in [7, 11) is 0. The lowest BCUT2D eigenvalue weighted by Crippen LogP contribution is -2.48. The lowest BCUT2D eigenvalue weighted by Gasteiger charge is -2.29. The fourth-order valence-corrected chi connectivity index (χ4v) is 1.18. The molecule has 1 heterocycles. The summed E-state index contributed by atoms with van der Waals surface area (Å²) in [5.41, 5.74) is 2.15. The van der Waals surface area contributed by atoms with E-state index >= 15 is 0 Å². The summed E-state index contributed by atoms with van der Waals surface area (Å²) in [6.45, 7) is 0.658. The molecular formula is C9H11F3N2O. The fourth-order valence-electron chi connectivity index (χ4n) is 1.18. The van der Waals surface area contributed by atoms with Gasteiger partial charge in [0.05, 0.1) is 0 Å². The van der Waals surface area contributed by atoms with E-state index in [1.807, 2.05) is 0 Å². The van der Waals surface area contributed by atoms with E-state index in [2.05, 4.69) is 4.98 Å². The van der Waals surface area contributed by atoms with Crippen LogP contribution in [-0.4, -0.2) is 22.8 Å². The van der Waals surface area contributed by atoms with Gasteiger partial charge in [0.25, 0.3) is 0 Å². The molecule has 0 saturated heterocycles. The molecule has 6 heteroatoms. The summed E-state index contributed by atoms with van der Waals surface area (Å²) in [4.78, 5) is 3.60. The van der Waals surface area contributed by atoms with Crippen molar-refractivity contribution in [1.82, 2.24) is 4.98 Å². The second-order valence-corrected chi connectivity index (χ2v) is 3.31. The van der Waals surface area contributed by atoms with Gasteiger partial charge in [0, 0.05) is 24.5 Å². The molecule has 1 unspecified atom stereocenters. The minimum Gasteiger partial charge on any atom is -0.375 e. The Labute approximate surface area is 84.7 Å². The van der Waals surface area contributed by atoms with Crippen molar-refractivity contribution < 1.29 is 18.3 Å². The molecule has 0 amide bonds. The SMILES string of the molecule is Cc1cncc(C(O)(CN)C(F)(F)F)c1. The van der Waals surface area contributed by atoms with Gasteiger partial charge in [-0.25, -0.2) is 0 Å². The topological polar surface area (TPSA) is 59.1 Å². The lowest BCUT2D eigenvalue weighted by atomic mass is 9.94. The number of hydrogen-bond acceptors (Lipinski definition) is 3. The Bertz CT molecular complexity index is 353. The molecule has 0 spiro atoms. The van der Waals surface area contributed by atoms with Gasteiger partial charge in [0.15, 0.2) is 5.60 Å². The number of nitrogens with zero attached hydrogens (tertiary/aromatic N) is 1. The summed E-state index contributed by atoms with van der Waals surface area (Å²) < 4.78 is 37.7. The Kier molecular flexibility index (Phi) is 3.01. The van der Waals surface area contributed by atoms with E-state index in [-0.39, 0.29) is 5.56 Å². The smallest absolute Gasteiger partial charge is 0.375 e. The average Bonchev–Trinajstić information content (AvgIpc) is 2.14. The number of aliphatic hydroxyl groups is 1. The predicted molar refractivity (Wildman–Crippen MR) is 48.0 cm³/mol. The molecule has 3 N–H and O–H groups in total. The van der Waals surface area contributed by atoms with Crippen LogP contribution in [0.3, 0.4) is 0 Å². The van der Waals surface area contributed by atoms with Crippen LogP contribution in [0.25, 0.3) is 0 Å². The van der Waals surface area contributed by atoms with E-state index in [9.17, 15) is 18.3 Å². The molecule has 0 saturated carbocycles. The number of aromatic nitrogens is 1.